The summed E-state index contributed by atoms with van der Waals surface area (Å²) in [5, 5.41) is 18.6. The van der Waals surface area contributed by atoms with Crippen LogP contribution < -0.4 is 11.0 Å². The van der Waals surface area contributed by atoms with Gasteiger partial charge in [-0.15, -0.1) is 0 Å². The fourth-order valence-electron chi connectivity index (χ4n) is 2.89. The third-order valence-corrected chi connectivity index (χ3v) is 4.31. The molecule has 0 spiro atoms. The van der Waals surface area contributed by atoms with Crippen molar-refractivity contribution in [2.24, 2.45) is 5.10 Å². The lowest BCUT2D eigenvalue weighted by atomic mass is 10.1. The third kappa shape index (κ3) is 4.43. The number of aromatic hydroxyl groups is 1. The van der Waals surface area contributed by atoms with Gasteiger partial charge in [-0.05, 0) is 30.2 Å². The lowest BCUT2D eigenvalue weighted by Gasteiger charge is -2.10. The molecule has 7 nitrogen and oxygen atoms in total. The molecule has 0 fully saturated rings. The highest BCUT2D eigenvalue weighted by Gasteiger charge is 2.16. The zero-order valence-corrected chi connectivity index (χ0v) is 15.6. The number of rotatable bonds is 7. The number of carbonyl (C=O) groups excluding carboxylic acids is 1. The van der Waals surface area contributed by atoms with Gasteiger partial charge in [0.2, 0.25) is 0 Å². The molecule has 0 aliphatic heterocycles. The van der Waals surface area contributed by atoms with Crippen LogP contribution in [-0.4, -0.2) is 27.0 Å². The zero-order valence-electron chi connectivity index (χ0n) is 15.6. The number of nitrogens with zero attached hydrogens (tertiary/aromatic N) is 3. The van der Waals surface area contributed by atoms with Crippen LogP contribution in [-0.2, 0) is 6.54 Å². The summed E-state index contributed by atoms with van der Waals surface area (Å²) in [5.41, 5.74) is 3.04. The first-order valence-corrected chi connectivity index (χ1v) is 9.22. The summed E-state index contributed by atoms with van der Waals surface area (Å²) in [6.07, 6.45) is 4.26. The van der Waals surface area contributed by atoms with E-state index in [2.05, 4.69) is 22.5 Å². The van der Waals surface area contributed by atoms with Gasteiger partial charge in [0, 0.05) is 11.9 Å². The second kappa shape index (κ2) is 8.94. The summed E-state index contributed by atoms with van der Waals surface area (Å²) in [7, 11) is 0. The van der Waals surface area contributed by atoms with Crippen molar-refractivity contribution >= 4 is 22.9 Å². The van der Waals surface area contributed by atoms with Crippen molar-refractivity contribution in [1.29, 1.82) is 0 Å². The molecule has 0 aliphatic carbocycles. The van der Waals surface area contributed by atoms with E-state index < -0.39 is 5.91 Å². The maximum Gasteiger partial charge on any atom is 0.292 e. The monoisotopic (exact) mass is 378 g/mol. The predicted octanol–water partition coefficient (Wildman–Crippen LogP) is 3.06. The average molecular weight is 378 g/mol. The van der Waals surface area contributed by atoms with E-state index >= 15 is 0 Å². The zero-order chi connectivity index (χ0) is 19.9. The Balaban J connectivity index is 1.88. The molecule has 0 atom stereocenters. The Morgan fingerprint density at radius 3 is 2.71 bits per heavy atom. The number of aryl methyl sites for hydroxylation is 1. The highest BCUT2D eigenvalue weighted by Crippen LogP contribution is 2.14. The first kappa shape index (κ1) is 19.3. The van der Waals surface area contributed by atoms with Crippen LogP contribution in [0.2, 0.25) is 0 Å². The highest BCUT2D eigenvalue weighted by atomic mass is 16.3. The molecule has 0 saturated carbocycles. The standard InChI is InChI=1S/C21H22N4O3/c1-2-3-6-12-25-21(28)18-11-5-4-10-17(18)19(24-25)20(27)23-22-14-15-8-7-9-16(26)13-15/h4-5,7-11,13-14,26H,2-3,6,12H2,1H3,(H,23,27)/b22-14-. The van der Waals surface area contributed by atoms with Crippen molar-refractivity contribution in [3.63, 3.8) is 0 Å². The number of hydrazone groups is 1. The number of phenolic OH excluding ortho intramolecular Hbond substituents is 1. The van der Waals surface area contributed by atoms with Crippen LogP contribution in [0.3, 0.4) is 0 Å². The lowest BCUT2D eigenvalue weighted by molar-refractivity contribution is 0.0949. The van der Waals surface area contributed by atoms with Crippen molar-refractivity contribution < 1.29 is 9.90 Å². The molecular formula is C21H22N4O3. The van der Waals surface area contributed by atoms with Crippen LogP contribution in [0.4, 0.5) is 0 Å². The highest BCUT2D eigenvalue weighted by molar-refractivity contribution is 6.04. The van der Waals surface area contributed by atoms with Crippen LogP contribution in [0.1, 0.15) is 42.2 Å². The van der Waals surface area contributed by atoms with Gasteiger partial charge in [-0.3, -0.25) is 9.59 Å². The van der Waals surface area contributed by atoms with Gasteiger partial charge >= 0.3 is 0 Å². The van der Waals surface area contributed by atoms with Gasteiger partial charge in [-0.1, -0.05) is 50.1 Å². The molecule has 7 heteroatoms. The number of hydrogen-bond donors (Lipinski definition) is 2. The molecule has 0 bridgehead atoms. The first-order valence-electron chi connectivity index (χ1n) is 9.22. The van der Waals surface area contributed by atoms with Crippen molar-refractivity contribution in [1.82, 2.24) is 15.2 Å². The maximum atomic E-state index is 12.7. The average Bonchev–Trinajstić information content (AvgIpc) is 2.70. The second-order valence-electron chi connectivity index (χ2n) is 6.42. The molecule has 0 unspecified atom stereocenters. The summed E-state index contributed by atoms with van der Waals surface area (Å²) in [6, 6.07) is 13.4. The molecule has 1 heterocycles. The number of hydrogen-bond acceptors (Lipinski definition) is 5. The first-order chi connectivity index (χ1) is 13.6. The van der Waals surface area contributed by atoms with E-state index in [9.17, 15) is 14.7 Å². The number of unbranched alkanes of at least 4 members (excludes halogenated alkanes) is 2. The minimum atomic E-state index is -0.503. The molecule has 0 radical (unpaired) electrons. The molecule has 3 rings (SSSR count). The molecular weight excluding hydrogens is 356 g/mol. The van der Waals surface area contributed by atoms with Gasteiger partial charge in [-0.2, -0.15) is 10.2 Å². The molecule has 0 saturated heterocycles. The minimum Gasteiger partial charge on any atom is -0.508 e. The molecule has 28 heavy (non-hydrogen) atoms. The molecule has 0 aliphatic rings. The van der Waals surface area contributed by atoms with E-state index in [0.717, 1.165) is 19.3 Å². The van der Waals surface area contributed by atoms with Crippen molar-refractivity contribution in [3.8, 4) is 5.75 Å². The number of aromatic nitrogens is 2. The number of amides is 1. The Hall–Kier alpha value is -3.48. The van der Waals surface area contributed by atoms with Gasteiger partial charge in [-0.25, -0.2) is 10.1 Å². The Labute approximate surface area is 162 Å². The fraction of sp³-hybridized carbons (Fsp3) is 0.238. The normalized spacial score (nSPS) is 11.2. The van der Waals surface area contributed by atoms with Crippen molar-refractivity contribution in [2.45, 2.75) is 32.7 Å². The van der Waals surface area contributed by atoms with E-state index in [0.29, 0.717) is 22.9 Å². The Bertz CT molecular complexity index is 1070. The fourth-order valence-corrected chi connectivity index (χ4v) is 2.89. The van der Waals surface area contributed by atoms with Gasteiger partial charge < -0.3 is 5.11 Å². The molecule has 3 aromatic rings. The molecule has 2 N–H and O–H groups in total. The predicted molar refractivity (Wildman–Crippen MR) is 109 cm³/mol. The van der Waals surface area contributed by atoms with Crippen molar-refractivity contribution in [3.05, 3.63) is 70.1 Å². The SMILES string of the molecule is CCCCCn1nc(C(=O)N/N=C\c2cccc(O)c2)c2ccccc2c1=O. The number of fused-ring (bicyclic) bond motifs is 1. The van der Waals surface area contributed by atoms with E-state index in [1.165, 1.54) is 17.0 Å². The molecule has 2 aromatic carbocycles. The largest absolute Gasteiger partial charge is 0.508 e. The Morgan fingerprint density at radius 2 is 1.96 bits per heavy atom. The third-order valence-electron chi connectivity index (χ3n) is 4.31. The smallest absolute Gasteiger partial charge is 0.292 e. The van der Waals surface area contributed by atoms with Gasteiger partial charge in [0.25, 0.3) is 11.5 Å². The molecule has 1 amide bonds. The summed E-state index contributed by atoms with van der Waals surface area (Å²) in [4.78, 5) is 25.3. The quantitative estimate of drug-likeness (QED) is 0.375. The summed E-state index contributed by atoms with van der Waals surface area (Å²) in [6.45, 7) is 2.55. The molecule has 1 aromatic heterocycles. The number of carbonyl (C=O) groups is 1. The number of phenols is 1. The van der Waals surface area contributed by atoms with Crippen molar-refractivity contribution in [2.75, 3.05) is 0 Å². The van der Waals surface area contributed by atoms with Gasteiger partial charge in [0.05, 0.1) is 11.6 Å². The van der Waals surface area contributed by atoms with Crippen LogP contribution in [0, 0.1) is 0 Å². The summed E-state index contributed by atoms with van der Waals surface area (Å²) < 4.78 is 1.35. The second-order valence-corrected chi connectivity index (χ2v) is 6.42. The van der Waals surface area contributed by atoms with E-state index in [1.54, 1.807) is 42.5 Å². The van der Waals surface area contributed by atoms with Gasteiger partial charge in [0.15, 0.2) is 5.69 Å². The van der Waals surface area contributed by atoms with E-state index in [1.807, 2.05) is 0 Å². The van der Waals surface area contributed by atoms with Crippen LogP contribution in [0.5, 0.6) is 5.75 Å². The van der Waals surface area contributed by atoms with Crippen LogP contribution >= 0.6 is 0 Å². The number of nitrogens with one attached hydrogen (secondary N) is 1. The summed E-state index contributed by atoms with van der Waals surface area (Å²) >= 11 is 0. The Morgan fingerprint density at radius 1 is 1.18 bits per heavy atom. The van der Waals surface area contributed by atoms with Crippen LogP contribution in [0.15, 0.2) is 58.4 Å². The summed E-state index contributed by atoms with van der Waals surface area (Å²) in [5.74, 6) is -0.390. The van der Waals surface area contributed by atoms with E-state index in [-0.39, 0.29) is 17.0 Å². The topological polar surface area (TPSA) is 96.6 Å². The van der Waals surface area contributed by atoms with Gasteiger partial charge in [0.1, 0.15) is 5.75 Å². The lowest BCUT2D eigenvalue weighted by Crippen LogP contribution is -2.29. The Kier molecular flexibility index (Phi) is 6.16. The molecule has 144 valence electrons. The van der Waals surface area contributed by atoms with Crippen LogP contribution in [0.25, 0.3) is 10.8 Å². The number of benzene rings is 2. The van der Waals surface area contributed by atoms with E-state index in [4.69, 9.17) is 0 Å². The maximum absolute atomic E-state index is 12.7. The minimum absolute atomic E-state index is 0.113.